The fourth-order valence-electron chi connectivity index (χ4n) is 2.68. The van der Waals surface area contributed by atoms with Crippen LogP contribution in [0.2, 0.25) is 0 Å². The second-order valence-electron chi connectivity index (χ2n) is 5.90. The van der Waals surface area contributed by atoms with E-state index in [2.05, 4.69) is 17.9 Å². The van der Waals surface area contributed by atoms with Crippen LogP contribution in [0.1, 0.15) is 17.4 Å². The first-order chi connectivity index (χ1) is 12.8. The summed E-state index contributed by atoms with van der Waals surface area (Å²) in [7, 11) is -15.4. The number of phosphoric acid groups is 3. The van der Waals surface area contributed by atoms with Crippen LogP contribution < -0.4 is 5.56 Å². The van der Waals surface area contributed by atoms with Gasteiger partial charge in [0.2, 0.25) is 5.56 Å². The molecule has 6 atom stereocenters. The molecule has 3 rings (SSSR count). The van der Waals surface area contributed by atoms with E-state index in [4.69, 9.17) is 9.26 Å². The summed E-state index contributed by atoms with van der Waals surface area (Å²) in [6.07, 6.45) is -5.46. The van der Waals surface area contributed by atoms with Gasteiger partial charge in [0, 0.05) is 17.3 Å². The number of rotatable bonds is 4. The van der Waals surface area contributed by atoms with Crippen molar-refractivity contribution in [3.05, 3.63) is 33.7 Å². The number of aryl methyl sites for hydroxylation is 1. The first-order valence-electron chi connectivity index (χ1n) is 7.56. The van der Waals surface area contributed by atoms with Crippen molar-refractivity contribution < 1.29 is 55.9 Å². The molecule has 158 valence electrons. The van der Waals surface area contributed by atoms with Gasteiger partial charge in [-0.25, -0.2) is 13.7 Å². The molecular weight excluding hydrogens is 447 g/mol. The molecule has 0 radical (unpaired) electrons. The van der Waals surface area contributed by atoms with Gasteiger partial charge in [-0.15, -0.1) is 0 Å². The lowest BCUT2D eigenvalue weighted by Crippen LogP contribution is -2.33. The smallest absolute Gasteiger partial charge is 0.387 e. The van der Waals surface area contributed by atoms with E-state index in [-0.39, 0.29) is 5.56 Å². The average Bonchev–Trinajstić information content (AvgIpc) is 2.78. The van der Waals surface area contributed by atoms with Gasteiger partial charge in [-0.05, 0) is 13.0 Å². The van der Waals surface area contributed by atoms with Crippen molar-refractivity contribution >= 4 is 23.5 Å². The minimum atomic E-state index is -5.20. The number of H-pyrrole nitrogens is 1. The van der Waals surface area contributed by atoms with Gasteiger partial charge in [-0.2, -0.15) is 12.9 Å². The number of hydrogen-bond donors (Lipinski definition) is 5. The Morgan fingerprint density at radius 3 is 2.25 bits per heavy atom. The number of pyridine rings is 1. The van der Waals surface area contributed by atoms with E-state index in [0.29, 0.717) is 11.3 Å². The summed E-state index contributed by atoms with van der Waals surface area (Å²) < 4.78 is 57.0. The molecule has 2 saturated heterocycles. The average molecular weight is 463 g/mol. The quantitative estimate of drug-likeness (QED) is 0.379. The summed E-state index contributed by atoms with van der Waals surface area (Å²) in [5, 5.41) is 20.3. The highest BCUT2D eigenvalue weighted by Gasteiger charge is 2.55. The zero-order valence-corrected chi connectivity index (χ0v) is 16.7. The van der Waals surface area contributed by atoms with Crippen LogP contribution in [0.4, 0.5) is 0 Å². The molecule has 3 heterocycles. The van der Waals surface area contributed by atoms with Gasteiger partial charge < -0.3 is 29.7 Å². The van der Waals surface area contributed by atoms with Crippen LogP contribution in [0.15, 0.2) is 16.9 Å². The third kappa shape index (κ3) is 4.71. The van der Waals surface area contributed by atoms with Crippen molar-refractivity contribution in [2.45, 2.75) is 31.3 Å². The molecule has 1 aromatic heterocycles. The van der Waals surface area contributed by atoms with E-state index in [1.807, 2.05) is 0 Å². The monoisotopic (exact) mass is 463 g/mol. The lowest BCUT2D eigenvalue weighted by atomic mass is 10.0. The van der Waals surface area contributed by atoms with Crippen molar-refractivity contribution in [2.24, 2.45) is 0 Å². The molecule has 0 amide bonds. The number of aliphatic hydroxyl groups excluding tert-OH is 2. The van der Waals surface area contributed by atoms with Crippen LogP contribution in [0, 0.1) is 6.92 Å². The number of ether oxygens (including phenoxy) is 1. The molecule has 0 saturated carbocycles. The van der Waals surface area contributed by atoms with Crippen molar-refractivity contribution in [3.63, 3.8) is 0 Å². The molecule has 3 unspecified atom stereocenters. The Bertz CT molecular complexity index is 933. The van der Waals surface area contributed by atoms with Crippen molar-refractivity contribution in [1.29, 1.82) is 0 Å². The number of aliphatic hydroxyl groups is 2. The van der Waals surface area contributed by atoms with Crippen LogP contribution in [-0.4, -0.2) is 49.9 Å². The second kappa shape index (κ2) is 7.51. The molecule has 14 nitrogen and oxygen atoms in total. The SMILES string of the molecule is Cc1[nH]c(=O)ccc1[C@@H]1O[C@H](COP2(=O)OP(=O)(O)OP(=O)(O)O2)[C@H](O)C1O. The van der Waals surface area contributed by atoms with E-state index >= 15 is 0 Å². The summed E-state index contributed by atoms with van der Waals surface area (Å²) in [6.45, 7) is 0.733. The Hall–Kier alpha value is -0.720. The van der Waals surface area contributed by atoms with Gasteiger partial charge in [-0.1, -0.05) is 0 Å². The normalized spacial score (nSPS) is 43.9. The topological polar surface area (TPSA) is 211 Å². The molecule has 0 aromatic carbocycles. The number of hydrogen-bond acceptors (Lipinski definition) is 11. The first kappa shape index (κ1) is 22.0. The van der Waals surface area contributed by atoms with Crippen molar-refractivity contribution in [3.8, 4) is 0 Å². The fourth-order valence-corrected chi connectivity index (χ4v) is 7.61. The van der Waals surface area contributed by atoms with Gasteiger partial charge >= 0.3 is 23.5 Å². The molecule has 2 aliphatic rings. The molecule has 0 spiro atoms. The van der Waals surface area contributed by atoms with E-state index in [0.717, 1.165) is 0 Å². The van der Waals surface area contributed by atoms with Gasteiger partial charge in [0.05, 0.1) is 6.61 Å². The maximum atomic E-state index is 12.2. The summed E-state index contributed by atoms with van der Waals surface area (Å²) in [5.74, 6) is 0. The van der Waals surface area contributed by atoms with Gasteiger partial charge in [0.1, 0.15) is 24.4 Å². The molecule has 2 fully saturated rings. The molecule has 5 N–H and O–H groups in total. The predicted molar refractivity (Wildman–Crippen MR) is 87.9 cm³/mol. The minimum absolute atomic E-state index is 0.360. The maximum Gasteiger partial charge on any atom is 0.492 e. The second-order valence-corrected chi connectivity index (χ2v) is 10.9. The van der Waals surface area contributed by atoms with Gasteiger partial charge in [0.15, 0.2) is 0 Å². The van der Waals surface area contributed by atoms with E-state index in [1.165, 1.54) is 12.1 Å². The highest BCUT2D eigenvalue weighted by Crippen LogP contribution is 2.80. The van der Waals surface area contributed by atoms with Crippen LogP contribution >= 0.6 is 23.5 Å². The first-order valence-corrected chi connectivity index (χ1v) is 12.0. The summed E-state index contributed by atoms with van der Waals surface area (Å²) >= 11 is 0. The van der Waals surface area contributed by atoms with Crippen molar-refractivity contribution in [1.82, 2.24) is 4.98 Å². The van der Waals surface area contributed by atoms with Crippen LogP contribution in [-0.2, 0) is 35.9 Å². The highest BCUT2D eigenvalue weighted by atomic mass is 31.3. The largest absolute Gasteiger partial charge is 0.492 e. The van der Waals surface area contributed by atoms with Gasteiger partial charge in [-0.3, -0.25) is 9.32 Å². The lowest BCUT2D eigenvalue weighted by Gasteiger charge is -2.27. The molecule has 2 aliphatic heterocycles. The van der Waals surface area contributed by atoms with Gasteiger partial charge in [0.25, 0.3) is 0 Å². The molecule has 17 heteroatoms. The molecule has 0 bridgehead atoms. The third-order valence-corrected chi connectivity index (χ3v) is 9.20. The van der Waals surface area contributed by atoms with Crippen LogP contribution in [0.3, 0.4) is 0 Å². The van der Waals surface area contributed by atoms with E-state index < -0.39 is 54.5 Å². The molecule has 0 aliphatic carbocycles. The number of aromatic nitrogens is 1. The standard InChI is InChI=1S/C11H16NO13P3/c1-5-6(2-3-8(13)12-5)11-10(15)9(14)7(22-11)4-21-28(20)24-26(16,17)23-27(18,19)25-28/h2-3,7,9-11,14-15H,4H2,1H3,(H,12,13)(H,16,17)(H,18,19)/t7-,9+,10?,11+/m1/s1. The highest BCUT2D eigenvalue weighted by molar-refractivity contribution is 7.74. The number of nitrogens with one attached hydrogen (secondary N) is 1. The molecule has 28 heavy (non-hydrogen) atoms. The van der Waals surface area contributed by atoms with Crippen molar-refractivity contribution in [2.75, 3.05) is 6.61 Å². The maximum absolute atomic E-state index is 12.2. The zero-order valence-electron chi connectivity index (χ0n) is 14.0. The molecular formula is C11H16NO13P3. The fraction of sp³-hybridized carbons (Fsp3) is 0.545. The summed E-state index contributed by atoms with van der Waals surface area (Å²) in [4.78, 5) is 32.1. The van der Waals surface area contributed by atoms with E-state index in [1.54, 1.807) is 6.92 Å². The molecule has 1 aromatic rings. The van der Waals surface area contributed by atoms with E-state index in [9.17, 15) is 38.5 Å². The van der Waals surface area contributed by atoms with Crippen LogP contribution in [0.25, 0.3) is 0 Å². The third-order valence-electron chi connectivity index (χ3n) is 3.84. The Balaban J connectivity index is 1.73. The predicted octanol–water partition coefficient (Wildman–Crippen LogP) is 0.234. The Labute approximate surface area is 156 Å². The zero-order chi connectivity index (χ0) is 20.9. The number of aromatic amines is 1. The Morgan fingerprint density at radius 1 is 1.07 bits per heavy atom. The van der Waals surface area contributed by atoms with Crippen LogP contribution in [0.5, 0.6) is 0 Å². The summed E-state index contributed by atoms with van der Waals surface area (Å²) in [6, 6.07) is 2.57. The minimum Gasteiger partial charge on any atom is -0.387 e. The lowest BCUT2D eigenvalue weighted by molar-refractivity contribution is -0.0233. The Kier molecular flexibility index (Phi) is 5.90. The summed E-state index contributed by atoms with van der Waals surface area (Å²) in [5.41, 5.74) is 0.346. The Morgan fingerprint density at radius 2 is 1.68 bits per heavy atom.